The molecule has 1 heterocycles. The molecule has 2 saturated carbocycles. The molecule has 114 valence electrons. The van der Waals surface area contributed by atoms with Crippen molar-refractivity contribution in [1.29, 1.82) is 0 Å². The van der Waals surface area contributed by atoms with Gasteiger partial charge < -0.3 is 14.8 Å². The first-order valence-corrected chi connectivity index (χ1v) is 7.55. The molecular formula is C15H20N2O4. The van der Waals surface area contributed by atoms with Crippen molar-refractivity contribution in [3.05, 3.63) is 17.3 Å². The lowest BCUT2D eigenvalue weighted by molar-refractivity contribution is -0.142. The average molecular weight is 292 g/mol. The van der Waals surface area contributed by atoms with E-state index in [0.29, 0.717) is 48.9 Å². The molecule has 0 radical (unpaired) electrons. The van der Waals surface area contributed by atoms with E-state index in [2.05, 4.69) is 10.3 Å². The van der Waals surface area contributed by atoms with Gasteiger partial charge in [-0.05, 0) is 45.4 Å². The molecule has 0 aromatic carbocycles. The van der Waals surface area contributed by atoms with Crippen molar-refractivity contribution in [2.24, 2.45) is 5.92 Å². The normalized spacial score (nSPS) is 25.6. The summed E-state index contributed by atoms with van der Waals surface area (Å²) in [5.74, 6) is 0.123. The molecule has 1 aromatic rings. The third-order valence-electron chi connectivity index (χ3n) is 4.36. The van der Waals surface area contributed by atoms with Gasteiger partial charge in [0.2, 0.25) is 5.76 Å². The van der Waals surface area contributed by atoms with E-state index in [1.54, 1.807) is 6.92 Å². The van der Waals surface area contributed by atoms with Crippen LogP contribution in [-0.2, 0) is 4.79 Å². The third kappa shape index (κ3) is 3.09. The van der Waals surface area contributed by atoms with E-state index in [-0.39, 0.29) is 17.9 Å². The monoisotopic (exact) mass is 292 g/mol. The first-order valence-electron chi connectivity index (χ1n) is 7.55. The highest BCUT2D eigenvalue weighted by Crippen LogP contribution is 2.40. The molecule has 2 fully saturated rings. The minimum atomic E-state index is -0.736. The Morgan fingerprint density at radius 3 is 2.43 bits per heavy atom. The number of aryl methyl sites for hydroxylation is 1. The van der Waals surface area contributed by atoms with Crippen LogP contribution in [0.25, 0.3) is 0 Å². The van der Waals surface area contributed by atoms with E-state index in [1.807, 2.05) is 0 Å². The Morgan fingerprint density at radius 2 is 1.86 bits per heavy atom. The molecule has 2 aliphatic carbocycles. The molecule has 2 aliphatic rings. The fourth-order valence-electron chi connectivity index (χ4n) is 2.87. The number of aliphatic carboxylic acids is 1. The zero-order valence-corrected chi connectivity index (χ0v) is 12.1. The molecule has 1 amide bonds. The van der Waals surface area contributed by atoms with Crippen LogP contribution >= 0.6 is 0 Å². The van der Waals surface area contributed by atoms with E-state index in [4.69, 9.17) is 9.52 Å². The second-order valence-electron chi connectivity index (χ2n) is 6.10. The molecule has 1 aromatic heterocycles. The summed E-state index contributed by atoms with van der Waals surface area (Å²) >= 11 is 0. The predicted molar refractivity (Wildman–Crippen MR) is 74.1 cm³/mol. The number of carbonyl (C=O) groups is 2. The van der Waals surface area contributed by atoms with Crippen LogP contribution in [0.4, 0.5) is 0 Å². The van der Waals surface area contributed by atoms with Crippen molar-refractivity contribution in [3.8, 4) is 0 Å². The van der Waals surface area contributed by atoms with Gasteiger partial charge in [0.15, 0.2) is 5.89 Å². The van der Waals surface area contributed by atoms with Crippen LogP contribution in [0.15, 0.2) is 4.42 Å². The number of carboxylic acid groups (broad SMARTS) is 1. The van der Waals surface area contributed by atoms with Crippen LogP contribution in [0.2, 0.25) is 0 Å². The number of aromatic nitrogens is 1. The fraction of sp³-hybridized carbons (Fsp3) is 0.667. The largest absolute Gasteiger partial charge is 0.481 e. The van der Waals surface area contributed by atoms with Crippen LogP contribution in [0, 0.1) is 12.8 Å². The predicted octanol–water partition coefficient (Wildman–Crippen LogP) is 2.23. The summed E-state index contributed by atoms with van der Waals surface area (Å²) < 4.78 is 5.58. The van der Waals surface area contributed by atoms with Gasteiger partial charge in [0.25, 0.3) is 5.91 Å². The Kier molecular flexibility index (Phi) is 3.69. The highest BCUT2D eigenvalue weighted by atomic mass is 16.4. The summed E-state index contributed by atoms with van der Waals surface area (Å²) in [6.45, 7) is 1.78. The number of amides is 1. The lowest BCUT2D eigenvalue weighted by Crippen LogP contribution is -2.38. The summed E-state index contributed by atoms with van der Waals surface area (Å²) in [7, 11) is 0. The smallest absolute Gasteiger partial charge is 0.306 e. The lowest BCUT2D eigenvalue weighted by Gasteiger charge is -2.26. The Labute approximate surface area is 122 Å². The van der Waals surface area contributed by atoms with E-state index in [1.165, 1.54) is 0 Å². The van der Waals surface area contributed by atoms with Crippen molar-refractivity contribution in [3.63, 3.8) is 0 Å². The third-order valence-corrected chi connectivity index (χ3v) is 4.36. The Morgan fingerprint density at radius 1 is 1.19 bits per heavy atom. The van der Waals surface area contributed by atoms with Crippen molar-refractivity contribution < 1.29 is 19.1 Å². The number of nitrogens with zero attached hydrogens (tertiary/aromatic N) is 1. The summed E-state index contributed by atoms with van der Waals surface area (Å²) in [6, 6.07) is 0.0296. The number of oxazole rings is 1. The molecule has 0 atom stereocenters. The fourth-order valence-corrected chi connectivity index (χ4v) is 2.87. The van der Waals surface area contributed by atoms with Crippen molar-refractivity contribution >= 4 is 11.9 Å². The molecular weight excluding hydrogens is 272 g/mol. The summed E-state index contributed by atoms with van der Waals surface area (Å²) in [5, 5.41) is 11.9. The number of hydrogen-bond acceptors (Lipinski definition) is 4. The zero-order valence-electron chi connectivity index (χ0n) is 12.1. The van der Waals surface area contributed by atoms with Gasteiger partial charge in [-0.15, -0.1) is 0 Å². The van der Waals surface area contributed by atoms with Crippen molar-refractivity contribution in [1.82, 2.24) is 10.3 Å². The van der Waals surface area contributed by atoms with E-state index in [9.17, 15) is 9.59 Å². The molecule has 2 N–H and O–H groups in total. The van der Waals surface area contributed by atoms with Crippen LogP contribution in [0.1, 0.15) is 66.6 Å². The number of carbonyl (C=O) groups excluding carboxylic acids is 1. The van der Waals surface area contributed by atoms with Gasteiger partial charge in [-0.3, -0.25) is 9.59 Å². The van der Waals surface area contributed by atoms with Gasteiger partial charge in [0, 0.05) is 12.0 Å². The van der Waals surface area contributed by atoms with Crippen LogP contribution in [-0.4, -0.2) is 28.0 Å². The molecule has 0 spiro atoms. The minimum absolute atomic E-state index is 0.0296. The summed E-state index contributed by atoms with van der Waals surface area (Å²) in [4.78, 5) is 27.5. The zero-order chi connectivity index (χ0) is 15.0. The maximum Gasteiger partial charge on any atom is 0.306 e. The van der Waals surface area contributed by atoms with Crippen LogP contribution in [0.5, 0.6) is 0 Å². The lowest BCUT2D eigenvalue weighted by atomic mass is 9.86. The second-order valence-corrected chi connectivity index (χ2v) is 6.10. The van der Waals surface area contributed by atoms with Gasteiger partial charge in [-0.1, -0.05) is 0 Å². The van der Waals surface area contributed by atoms with Gasteiger partial charge in [-0.2, -0.15) is 0 Å². The molecule has 3 rings (SSSR count). The van der Waals surface area contributed by atoms with Gasteiger partial charge in [0.1, 0.15) is 0 Å². The number of nitrogens with one attached hydrogen (secondary N) is 1. The van der Waals surface area contributed by atoms with E-state index >= 15 is 0 Å². The first-order chi connectivity index (χ1) is 10.0. The molecule has 6 nitrogen and oxygen atoms in total. The molecule has 21 heavy (non-hydrogen) atoms. The highest BCUT2D eigenvalue weighted by molar-refractivity contribution is 5.92. The van der Waals surface area contributed by atoms with Gasteiger partial charge >= 0.3 is 5.97 Å². The number of carboxylic acids is 1. The maximum absolute atomic E-state index is 12.2. The maximum atomic E-state index is 12.2. The van der Waals surface area contributed by atoms with Gasteiger partial charge in [0.05, 0.1) is 11.6 Å². The molecule has 0 aliphatic heterocycles. The van der Waals surface area contributed by atoms with Gasteiger partial charge in [-0.25, -0.2) is 4.98 Å². The molecule has 0 unspecified atom stereocenters. The SMILES string of the molecule is Cc1nc(C2CC2)oc1C(=O)NC1CCC(C(=O)O)CC1. The standard InChI is InChI=1S/C15H20N2O4/c1-8-12(21-14(16-8)9-2-3-9)13(18)17-11-6-4-10(5-7-11)15(19)20/h9-11H,2-7H2,1H3,(H,17,18)(H,19,20). The molecule has 0 bridgehead atoms. The topological polar surface area (TPSA) is 92.4 Å². The van der Waals surface area contributed by atoms with E-state index < -0.39 is 5.97 Å². The number of hydrogen-bond donors (Lipinski definition) is 2. The van der Waals surface area contributed by atoms with Crippen LogP contribution < -0.4 is 5.32 Å². The minimum Gasteiger partial charge on any atom is -0.481 e. The Bertz CT molecular complexity index is 554. The molecule has 0 saturated heterocycles. The van der Waals surface area contributed by atoms with Crippen LogP contribution in [0.3, 0.4) is 0 Å². The number of rotatable bonds is 4. The molecule has 6 heteroatoms. The average Bonchev–Trinajstić information content (AvgIpc) is 3.22. The Balaban J connectivity index is 1.58. The van der Waals surface area contributed by atoms with E-state index in [0.717, 1.165) is 12.8 Å². The van der Waals surface area contributed by atoms with Crippen molar-refractivity contribution in [2.45, 2.75) is 57.4 Å². The quantitative estimate of drug-likeness (QED) is 0.887. The summed E-state index contributed by atoms with van der Waals surface area (Å²) in [6.07, 6.45) is 4.79. The second kappa shape index (κ2) is 5.50. The summed E-state index contributed by atoms with van der Waals surface area (Å²) in [5.41, 5.74) is 0.633. The highest BCUT2D eigenvalue weighted by Gasteiger charge is 2.32. The Hall–Kier alpha value is -1.85. The first kappa shape index (κ1) is 14.1. The van der Waals surface area contributed by atoms with Crippen molar-refractivity contribution in [2.75, 3.05) is 0 Å².